The van der Waals surface area contributed by atoms with E-state index >= 15 is 0 Å². The highest BCUT2D eigenvalue weighted by molar-refractivity contribution is 7.11. The second-order valence-electron chi connectivity index (χ2n) is 4.68. The molecule has 2 rings (SSSR count). The fourth-order valence-corrected chi connectivity index (χ4v) is 2.72. The zero-order chi connectivity index (χ0) is 16.3. The minimum absolute atomic E-state index is 0.180. The van der Waals surface area contributed by atoms with Gasteiger partial charge in [0.25, 0.3) is 5.91 Å². The maximum absolute atomic E-state index is 12.4. The minimum atomic E-state index is -1.04. The van der Waals surface area contributed by atoms with E-state index in [2.05, 4.69) is 4.98 Å². The number of ether oxygens (including phenoxy) is 1. The summed E-state index contributed by atoms with van der Waals surface area (Å²) in [5.41, 5.74) is 1.13. The number of nitrogens with zero attached hydrogens (tertiary/aromatic N) is 2. The number of carboxylic acid groups (broad SMARTS) is 1. The van der Waals surface area contributed by atoms with Crippen LogP contribution in [0.3, 0.4) is 0 Å². The third-order valence-electron chi connectivity index (χ3n) is 3.00. The van der Waals surface area contributed by atoms with Crippen LogP contribution in [-0.2, 0) is 4.79 Å². The van der Waals surface area contributed by atoms with Crippen molar-refractivity contribution in [3.63, 3.8) is 0 Å². The number of aliphatic carboxylic acids is 1. The van der Waals surface area contributed by atoms with E-state index in [4.69, 9.17) is 9.84 Å². The Morgan fingerprint density at radius 1 is 1.27 bits per heavy atom. The summed E-state index contributed by atoms with van der Waals surface area (Å²) in [5.74, 6) is -0.778. The Balaban J connectivity index is 2.12. The number of benzene rings is 1. The van der Waals surface area contributed by atoms with Gasteiger partial charge >= 0.3 is 5.97 Å². The molecule has 0 spiro atoms. The van der Waals surface area contributed by atoms with Gasteiger partial charge in [-0.15, -0.1) is 11.3 Å². The van der Waals surface area contributed by atoms with Crippen LogP contribution < -0.4 is 9.64 Å². The van der Waals surface area contributed by atoms with Crippen LogP contribution in [0.25, 0.3) is 0 Å². The van der Waals surface area contributed by atoms with Gasteiger partial charge in [-0.1, -0.05) is 0 Å². The fourth-order valence-electron chi connectivity index (χ4n) is 1.91. The van der Waals surface area contributed by atoms with Gasteiger partial charge < -0.3 is 14.7 Å². The molecular weight excluding hydrogens is 304 g/mol. The van der Waals surface area contributed by atoms with E-state index in [0.717, 1.165) is 9.88 Å². The molecule has 116 valence electrons. The van der Waals surface area contributed by atoms with Crippen molar-refractivity contribution in [2.45, 2.75) is 13.8 Å². The Hall–Kier alpha value is -2.41. The Kier molecular flexibility index (Phi) is 4.77. The number of carboxylic acids is 1. The van der Waals surface area contributed by atoms with Gasteiger partial charge in [0.2, 0.25) is 0 Å². The summed E-state index contributed by atoms with van der Waals surface area (Å²) in [6.07, 6.45) is 0. The summed E-state index contributed by atoms with van der Waals surface area (Å²) in [6.45, 7) is 3.34. The van der Waals surface area contributed by atoms with E-state index in [1.165, 1.54) is 16.2 Å². The molecule has 0 saturated carbocycles. The molecule has 0 aliphatic carbocycles. The maximum Gasteiger partial charge on any atom is 0.341 e. The van der Waals surface area contributed by atoms with Crippen LogP contribution in [0.4, 0.5) is 5.69 Å². The number of aromatic nitrogens is 1. The van der Waals surface area contributed by atoms with Crippen LogP contribution in [0.15, 0.2) is 24.3 Å². The van der Waals surface area contributed by atoms with Gasteiger partial charge in [-0.3, -0.25) is 4.79 Å². The van der Waals surface area contributed by atoms with Gasteiger partial charge in [0, 0.05) is 17.6 Å². The highest BCUT2D eigenvalue weighted by Gasteiger charge is 2.19. The molecule has 0 saturated heterocycles. The predicted molar refractivity (Wildman–Crippen MR) is 83.9 cm³/mol. The van der Waals surface area contributed by atoms with E-state index in [-0.39, 0.29) is 5.91 Å². The van der Waals surface area contributed by atoms with Gasteiger partial charge in [-0.2, -0.15) is 0 Å². The first-order valence-electron chi connectivity index (χ1n) is 6.55. The van der Waals surface area contributed by atoms with Crippen LogP contribution in [-0.4, -0.2) is 35.6 Å². The Bertz CT molecular complexity index is 694. The number of carbonyl (C=O) groups excluding carboxylic acids is 1. The lowest BCUT2D eigenvalue weighted by molar-refractivity contribution is -0.139. The first-order chi connectivity index (χ1) is 10.4. The molecule has 1 aromatic heterocycles. The predicted octanol–water partition coefficient (Wildman–Crippen LogP) is 2.50. The van der Waals surface area contributed by atoms with Gasteiger partial charge in [-0.05, 0) is 38.1 Å². The van der Waals surface area contributed by atoms with Gasteiger partial charge in [0.15, 0.2) is 6.61 Å². The SMILES string of the molecule is Cc1nc(C(=O)N(C)c2ccc(OCC(=O)O)cc2)c(C)s1. The van der Waals surface area contributed by atoms with Crippen LogP contribution in [0.5, 0.6) is 5.75 Å². The molecule has 0 unspecified atom stereocenters. The number of thiazole rings is 1. The Morgan fingerprint density at radius 3 is 2.41 bits per heavy atom. The molecule has 0 radical (unpaired) electrons. The lowest BCUT2D eigenvalue weighted by Gasteiger charge is -2.17. The molecule has 1 amide bonds. The molecule has 0 aliphatic rings. The third-order valence-corrected chi connectivity index (χ3v) is 3.88. The lowest BCUT2D eigenvalue weighted by Crippen LogP contribution is -2.27. The first kappa shape index (κ1) is 16.0. The van der Waals surface area contributed by atoms with Crippen molar-refractivity contribution in [3.8, 4) is 5.75 Å². The van der Waals surface area contributed by atoms with Crippen LogP contribution >= 0.6 is 11.3 Å². The van der Waals surface area contributed by atoms with Crippen molar-refractivity contribution in [2.75, 3.05) is 18.6 Å². The number of hydrogen-bond donors (Lipinski definition) is 1. The monoisotopic (exact) mass is 320 g/mol. The molecule has 1 aromatic carbocycles. The third kappa shape index (κ3) is 3.62. The molecule has 2 aromatic rings. The average Bonchev–Trinajstić information content (AvgIpc) is 2.83. The Labute approximate surface area is 132 Å². The summed E-state index contributed by atoms with van der Waals surface area (Å²) in [5, 5.41) is 9.41. The van der Waals surface area contributed by atoms with E-state index in [0.29, 0.717) is 17.1 Å². The summed E-state index contributed by atoms with van der Waals surface area (Å²) in [6, 6.07) is 6.65. The summed E-state index contributed by atoms with van der Waals surface area (Å²) in [4.78, 5) is 29.5. The number of aryl methyl sites for hydroxylation is 2. The molecule has 0 fully saturated rings. The molecule has 0 bridgehead atoms. The average molecular weight is 320 g/mol. The smallest absolute Gasteiger partial charge is 0.341 e. The van der Waals surface area contributed by atoms with Crippen molar-refractivity contribution in [2.24, 2.45) is 0 Å². The quantitative estimate of drug-likeness (QED) is 0.915. The van der Waals surface area contributed by atoms with E-state index in [1.807, 2.05) is 13.8 Å². The highest BCUT2D eigenvalue weighted by atomic mass is 32.1. The Morgan fingerprint density at radius 2 is 1.91 bits per heavy atom. The molecule has 1 N–H and O–H groups in total. The fraction of sp³-hybridized carbons (Fsp3) is 0.267. The number of anilines is 1. The number of hydrogen-bond acceptors (Lipinski definition) is 5. The summed E-state index contributed by atoms with van der Waals surface area (Å²) < 4.78 is 5.06. The van der Waals surface area contributed by atoms with Gasteiger partial charge in [0.1, 0.15) is 11.4 Å². The van der Waals surface area contributed by atoms with E-state index in [1.54, 1.807) is 31.3 Å². The van der Waals surface area contributed by atoms with Crippen molar-refractivity contribution in [3.05, 3.63) is 39.8 Å². The van der Waals surface area contributed by atoms with Crippen LogP contribution in [0.2, 0.25) is 0 Å². The second kappa shape index (κ2) is 6.57. The van der Waals surface area contributed by atoms with Crippen LogP contribution in [0.1, 0.15) is 20.4 Å². The number of amides is 1. The van der Waals surface area contributed by atoms with Crippen LogP contribution in [0, 0.1) is 13.8 Å². The molecular formula is C15H16N2O4S. The molecule has 7 heteroatoms. The first-order valence-corrected chi connectivity index (χ1v) is 7.37. The molecule has 0 aliphatic heterocycles. The molecule has 0 atom stereocenters. The van der Waals surface area contributed by atoms with Crippen molar-refractivity contribution in [1.82, 2.24) is 4.98 Å². The van der Waals surface area contributed by atoms with Gasteiger partial charge in [-0.25, -0.2) is 9.78 Å². The molecule has 6 nitrogen and oxygen atoms in total. The highest BCUT2D eigenvalue weighted by Crippen LogP contribution is 2.23. The molecule has 1 heterocycles. The summed E-state index contributed by atoms with van der Waals surface area (Å²) >= 11 is 1.49. The zero-order valence-electron chi connectivity index (χ0n) is 12.5. The van der Waals surface area contributed by atoms with Crippen molar-refractivity contribution < 1.29 is 19.4 Å². The number of rotatable bonds is 5. The van der Waals surface area contributed by atoms with E-state index < -0.39 is 12.6 Å². The zero-order valence-corrected chi connectivity index (χ0v) is 13.3. The maximum atomic E-state index is 12.4. The lowest BCUT2D eigenvalue weighted by atomic mass is 10.2. The molecule has 22 heavy (non-hydrogen) atoms. The minimum Gasteiger partial charge on any atom is -0.482 e. The standard InChI is InChI=1S/C15H16N2O4S/c1-9-14(16-10(2)22-9)15(20)17(3)11-4-6-12(7-5-11)21-8-13(18)19/h4-7H,8H2,1-3H3,(H,18,19). The largest absolute Gasteiger partial charge is 0.482 e. The van der Waals surface area contributed by atoms with Crippen molar-refractivity contribution in [1.29, 1.82) is 0 Å². The van der Waals surface area contributed by atoms with E-state index in [9.17, 15) is 9.59 Å². The van der Waals surface area contributed by atoms with Gasteiger partial charge in [0.05, 0.1) is 5.01 Å². The topological polar surface area (TPSA) is 79.7 Å². The summed E-state index contributed by atoms with van der Waals surface area (Å²) in [7, 11) is 1.67. The second-order valence-corrected chi connectivity index (χ2v) is 6.09. The normalized spacial score (nSPS) is 10.3. The van der Waals surface area contributed by atoms with Crippen molar-refractivity contribution >= 4 is 28.9 Å². The number of carbonyl (C=O) groups is 2.